The summed E-state index contributed by atoms with van der Waals surface area (Å²) in [7, 11) is -2.66. The fourth-order valence-corrected chi connectivity index (χ4v) is 6.82. The zero-order valence-corrected chi connectivity index (χ0v) is 25.6. The van der Waals surface area contributed by atoms with Crippen LogP contribution in [0.2, 0.25) is 5.02 Å². The van der Waals surface area contributed by atoms with E-state index in [1.165, 1.54) is 24.1 Å². The van der Waals surface area contributed by atoms with Crippen molar-refractivity contribution in [2.24, 2.45) is 0 Å². The number of sulfonamides is 1. The van der Waals surface area contributed by atoms with Crippen molar-refractivity contribution in [1.29, 1.82) is 0 Å². The predicted octanol–water partition coefficient (Wildman–Crippen LogP) is 5.80. The van der Waals surface area contributed by atoms with E-state index in [1.807, 2.05) is 6.92 Å². The number of methoxy groups -OCH3 is 1. The first-order chi connectivity index (χ1) is 20.2. The third-order valence-electron chi connectivity index (χ3n) is 7.56. The van der Waals surface area contributed by atoms with Crippen LogP contribution in [-0.2, 0) is 26.2 Å². The second-order valence-electron chi connectivity index (χ2n) is 10.4. The number of hydrogen-bond donors (Lipinski definition) is 1. The summed E-state index contributed by atoms with van der Waals surface area (Å²) in [4.78, 5) is 29.4. The minimum absolute atomic E-state index is 0.0481. The van der Waals surface area contributed by atoms with Gasteiger partial charge in [-0.15, -0.1) is 0 Å². The molecule has 0 aromatic heterocycles. The Kier molecular flexibility index (Phi) is 10.9. The lowest BCUT2D eigenvalue weighted by Gasteiger charge is -2.34. The number of carbonyl (C=O) groups excluding carboxylic acids is 2. The summed E-state index contributed by atoms with van der Waals surface area (Å²) in [6.07, 6.45) is 5.45. The molecule has 224 valence electrons. The first kappa shape index (κ1) is 31.4. The van der Waals surface area contributed by atoms with E-state index in [0.717, 1.165) is 42.0 Å². The molecule has 3 aromatic carbocycles. The SMILES string of the molecule is CCC(C(=O)NC1CCCCC1)N(Cc1ccc(Cl)cc1)C(=O)CN(c1cccc(OC)c1)S(=O)(=O)c1ccccc1. The van der Waals surface area contributed by atoms with E-state index in [2.05, 4.69) is 5.32 Å². The monoisotopic (exact) mass is 611 g/mol. The van der Waals surface area contributed by atoms with Crippen LogP contribution in [0.3, 0.4) is 0 Å². The molecule has 3 aromatic rings. The molecule has 1 N–H and O–H groups in total. The van der Waals surface area contributed by atoms with Crippen LogP contribution in [0.4, 0.5) is 5.69 Å². The van der Waals surface area contributed by atoms with Crippen LogP contribution in [-0.4, -0.2) is 50.9 Å². The summed E-state index contributed by atoms with van der Waals surface area (Å²) in [5, 5.41) is 3.71. The summed E-state index contributed by atoms with van der Waals surface area (Å²) in [6, 6.07) is 20.9. The molecule has 0 saturated heterocycles. The van der Waals surface area contributed by atoms with Crippen molar-refractivity contribution < 1.29 is 22.7 Å². The molecule has 0 heterocycles. The van der Waals surface area contributed by atoms with Crippen LogP contribution < -0.4 is 14.4 Å². The van der Waals surface area contributed by atoms with Crippen LogP contribution >= 0.6 is 11.6 Å². The molecule has 1 atom stereocenters. The smallest absolute Gasteiger partial charge is 0.264 e. The molecule has 1 fully saturated rings. The summed E-state index contributed by atoms with van der Waals surface area (Å²) in [6.45, 7) is 1.46. The van der Waals surface area contributed by atoms with E-state index in [-0.39, 0.29) is 29.1 Å². The Morgan fingerprint density at radius 2 is 1.67 bits per heavy atom. The highest BCUT2D eigenvalue weighted by atomic mass is 35.5. The van der Waals surface area contributed by atoms with E-state index in [0.29, 0.717) is 17.2 Å². The average Bonchev–Trinajstić information content (AvgIpc) is 3.01. The van der Waals surface area contributed by atoms with Gasteiger partial charge in [0.25, 0.3) is 10.0 Å². The third-order valence-corrected chi connectivity index (χ3v) is 9.60. The first-order valence-electron chi connectivity index (χ1n) is 14.3. The van der Waals surface area contributed by atoms with Crippen LogP contribution in [0.15, 0.2) is 83.8 Å². The third kappa shape index (κ3) is 7.83. The number of carbonyl (C=O) groups is 2. The fraction of sp³-hybridized carbons (Fsp3) is 0.375. The Hall–Kier alpha value is -3.56. The van der Waals surface area contributed by atoms with Gasteiger partial charge < -0.3 is 15.0 Å². The highest BCUT2D eigenvalue weighted by Gasteiger charge is 2.34. The molecule has 1 saturated carbocycles. The topological polar surface area (TPSA) is 96.0 Å². The Labute approximate surface area is 253 Å². The summed E-state index contributed by atoms with van der Waals surface area (Å²) >= 11 is 6.10. The maximum absolute atomic E-state index is 14.2. The van der Waals surface area contributed by atoms with E-state index in [9.17, 15) is 18.0 Å². The Morgan fingerprint density at radius 1 is 0.976 bits per heavy atom. The lowest BCUT2D eigenvalue weighted by Crippen LogP contribution is -2.54. The molecule has 0 aliphatic heterocycles. The zero-order valence-electron chi connectivity index (χ0n) is 24.0. The molecule has 2 amide bonds. The lowest BCUT2D eigenvalue weighted by molar-refractivity contribution is -0.140. The number of ether oxygens (including phenoxy) is 1. The quantitative estimate of drug-likeness (QED) is 0.279. The number of amides is 2. The molecule has 4 rings (SSSR count). The van der Waals surface area contributed by atoms with Crippen LogP contribution in [0.5, 0.6) is 5.75 Å². The van der Waals surface area contributed by atoms with E-state index in [1.54, 1.807) is 66.7 Å². The maximum Gasteiger partial charge on any atom is 0.264 e. The highest BCUT2D eigenvalue weighted by Crippen LogP contribution is 2.28. The van der Waals surface area contributed by atoms with Crippen molar-refractivity contribution >= 4 is 39.1 Å². The van der Waals surface area contributed by atoms with Gasteiger partial charge in [0.05, 0.1) is 17.7 Å². The molecule has 1 unspecified atom stereocenters. The van der Waals surface area contributed by atoms with Crippen molar-refractivity contribution in [3.63, 3.8) is 0 Å². The minimum Gasteiger partial charge on any atom is -0.497 e. The van der Waals surface area contributed by atoms with Gasteiger partial charge >= 0.3 is 0 Å². The second kappa shape index (κ2) is 14.6. The highest BCUT2D eigenvalue weighted by molar-refractivity contribution is 7.92. The van der Waals surface area contributed by atoms with Crippen LogP contribution in [0.25, 0.3) is 0 Å². The number of nitrogens with one attached hydrogen (secondary N) is 1. The summed E-state index contributed by atoms with van der Waals surface area (Å²) in [5.41, 5.74) is 1.05. The van der Waals surface area contributed by atoms with Crippen LogP contribution in [0, 0.1) is 0 Å². The maximum atomic E-state index is 14.2. The standard InChI is InChI=1S/C32H38ClN3O5S/c1-3-30(32(38)34-26-11-6-4-7-12-26)35(22-24-17-19-25(33)20-18-24)31(37)23-36(27-13-10-14-28(21-27)41-2)42(39,40)29-15-8-5-9-16-29/h5,8-10,13-21,26,30H,3-4,6-7,11-12,22-23H2,1-2H3,(H,34,38). The molecule has 10 heteroatoms. The number of anilines is 1. The van der Waals surface area contributed by atoms with Crippen molar-refractivity contribution in [2.75, 3.05) is 18.0 Å². The Balaban J connectivity index is 1.70. The van der Waals surface area contributed by atoms with Crippen molar-refractivity contribution in [3.05, 3.63) is 89.4 Å². The fourth-order valence-electron chi connectivity index (χ4n) is 5.26. The van der Waals surface area contributed by atoms with Crippen LogP contribution in [0.1, 0.15) is 51.0 Å². The molecular weight excluding hydrogens is 574 g/mol. The molecule has 1 aliphatic rings. The second-order valence-corrected chi connectivity index (χ2v) is 12.7. The Bertz CT molecular complexity index is 1440. The number of benzene rings is 3. The van der Waals surface area contributed by atoms with Gasteiger partial charge in [-0.05, 0) is 61.2 Å². The average molecular weight is 612 g/mol. The predicted molar refractivity (Wildman–Crippen MR) is 165 cm³/mol. The molecule has 0 radical (unpaired) electrons. The summed E-state index contributed by atoms with van der Waals surface area (Å²) in [5.74, 6) is -0.284. The van der Waals surface area contributed by atoms with Gasteiger partial charge in [0.2, 0.25) is 11.8 Å². The molecule has 8 nitrogen and oxygen atoms in total. The minimum atomic E-state index is -4.15. The van der Waals surface area contributed by atoms with Crippen molar-refractivity contribution in [2.45, 2.75) is 69.0 Å². The van der Waals surface area contributed by atoms with E-state index in [4.69, 9.17) is 16.3 Å². The number of nitrogens with zero attached hydrogens (tertiary/aromatic N) is 2. The largest absolute Gasteiger partial charge is 0.497 e. The first-order valence-corrected chi connectivity index (χ1v) is 16.1. The molecule has 0 spiro atoms. The van der Waals surface area contributed by atoms with Gasteiger partial charge in [-0.1, -0.05) is 74.2 Å². The normalized spacial score (nSPS) is 14.5. The number of rotatable bonds is 12. The Morgan fingerprint density at radius 3 is 2.31 bits per heavy atom. The van der Waals surface area contributed by atoms with Gasteiger partial charge in [0, 0.05) is 23.7 Å². The molecule has 1 aliphatic carbocycles. The number of halogens is 1. The van der Waals surface area contributed by atoms with Gasteiger partial charge in [0.15, 0.2) is 0 Å². The summed E-state index contributed by atoms with van der Waals surface area (Å²) < 4.78 is 34.3. The van der Waals surface area contributed by atoms with Gasteiger partial charge in [-0.2, -0.15) is 0 Å². The van der Waals surface area contributed by atoms with Crippen molar-refractivity contribution in [3.8, 4) is 5.75 Å². The zero-order chi connectivity index (χ0) is 30.1. The van der Waals surface area contributed by atoms with Crippen molar-refractivity contribution in [1.82, 2.24) is 10.2 Å². The lowest BCUT2D eigenvalue weighted by atomic mass is 9.95. The molecule has 0 bridgehead atoms. The van der Waals surface area contributed by atoms with E-state index < -0.39 is 28.5 Å². The number of hydrogen-bond acceptors (Lipinski definition) is 5. The van der Waals surface area contributed by atoms with E-state index >= 15 is 0 Å². The molecular formula is C32H38ClN3O5S. The van der Waals surface area contributed by atoms with Gasteiger partial charge in [0.1, 0.15) is 18.3 Å². The molecule has 42 heavy (non-hydrogen) atoms. The van der Waals surface area contributed by atoms with Gasteiger partial charge in [-0.3, -0.25) is 13.9 Å². The van der Waals surface area contributed by atoms with Gasteiger partial charge in [-0.25, -0.2) is 8.42 Å².